The summed E-state index contributed by atoms with van der Waals surface area (Å²) in [5, 5.41) is 17.4. The molecule has 0 bridgehead atoms. The minimum atomic E-state index is -0.792. The van der Waals surface area contributed by atoms with Crippen molar-refractivity contribution in [1.29, 1.82) is 0 Å². The number of ether oxygens (including phenoxy) is 9. The molecule has 2 N–H and O–H groups in total. The third-order valence-corrected chi connectivity index (χ3v) is 15.7. The third kappa shape index (κ3) is 38.7. The van der Waals surface area contributed by atoms with Crippen molar-refractivity contribution in [2.75, 3.05) is 68.6 Å². The fourth-order valence-corrected chi connectivity index (χ4v) is 10.5. The van der Waals surface area contributed by atoms with Crippen LogP contribution in [0.4, 0.5) is 0 Å². The highest BCUT2D eigenvalue weighted by atomic mass is 16.6. The average molecular weight is 1390 g/mol. The van der Waals surface area contributed by atoms with Crippen LogP contribution >= 0.6 is 0 Å². The molecule has 0 radical (unpaired) electrons. The van der Waals surface area contributed by atoms with Crippen LogP contribution in [0.25, 0.3) is 0 Å². The number of allylic oxidation sites excluding steroid dienone is 5. The summed E-state index contributed by atoms with van der Waals surface area (Å²) >= 11 is 0. The number of hydrogen-bond acceptors (Lipinski definition) is 20. The van der Waals surface area contributed by atoms with Crippen molar-refractivity contribution in [3.8, 4) is 0 Å². The number of hydrogen-bond donors (Lipinski definition) is 2. The van der Waals surface area contributed by atoms with Gasteiger partial charge in [0.05, 0.1) is 90.9 Å². The number of aliphatic carboxylic acids is 1. The summed E-state index contributed by atoms with van der Waals surface area (Å²) in [6.45, 7) is 42.3. The monoisotopic (exact) mass is 1390 g/mol. The zero-order valence-electron chi connectivity index (χ0n) is 64.9. The fraction of sp³-hybridized carbons (Fsp3) is 0.662. The van der Waals surface area contributed by atoms with Gasteiger partial charge in [0.1, 0.15) is 0 Å². The molecule has 0 saturated carbocycles. The van der Waals surface area contributed by atoms with E-state index in [2.05, 4.69) is 28.1 Å². The van der Waals surface area contributed by atoms with Crippen molar-refractivity contribution < 1.29 is 101 Å². The Hall–Kier alpha value is -7.42. The molecule has 0 fully saturated rings. The molecule has 3 aliphatic carbocycles. The number of carboxylic acids is 1. The standard InChI is InChI=1S/C12H18O4.C11H16O4.C10H18O3.C10H16O2.C10H18O2.C9H16O2.C8H14O2.C7H12O2/c1-7-5-6-8(2)10(12(14)16-4)9(7)11(13)15-3;1-6-5-7(2)9(11(13)15-4)8(6)10(12)14-3;1-4-8(7-11)9(5-2)10(12)13-6-3;1-4-12-10(11)9-6-7(2)5-8(9)3;1-5-8(4)9(6-2)10(11)12-7-3;1-4-7-8(5-2)9(10)11-6-3;1-4-6-7(5-2)8(9)10-3;1-3-5-6(4-2)7(8)9/h7-8H,5-6H2,1-4H3;6-7H,5H2,1-4H3;11H,4-7H2,1-3H3;6-8H,4-5H2,1-3H3;5-7H2,1-4H3;7H,4-6H2,1-3H3;6H,4-5H2,1-3H3;5H,3-4H2,1-2H3,(H,8,9)/b;;9-8-;;9-8+;8-7+;7-6+;6-5+. The summed E-state index contributed by atoms with van der Waals surface area (Å²) in [5.74, 6) is -2.30. The molecule has 0 saturated heterocycles. The van der Waals surface area contributed by atoms with Gasteiger partial charge in [-0.15, -0.1) is 0 Å². The van der Waals surface area contributed by atoms with E-state index in [0.717, 1.165) is 104 Å². The van der Waals surface area contributed by atoms with Crippen molar-refractivity contribution in [1.82, 2.24) is 0 Å². The summed E-state index contributed by atoms with van der Waals surface area (Å²) in [5.41, 5.74) is 8.19. The molecule has 21 heteroatoms. The molecule has 0 heterocycles. The second kappa shape index (κ2) is 59.6. The first-order chi connectivity index (χ1) is 46.3. The summed E-state index contributed by atoms with van der Waals surface area (Å²) in [6, 6.07) is 0. The van der Waals surface area contributed by atoms with Crippen LogP contribution in [0.5, 0.6) is 0 Å². The lowest BCUT2D eigenvalue weighted by Crippen LogP contribution is -2.27. The molecular formula is C77H128O21. The maximum absolute atomic E-state index is 11.7. The van der Waals surface area contributed by atoms with Gasteiger partial charge >= 0.3 is 59.7 Å². The van der Waals surface area contributed by atoms with Gasteiger partial charge in [-0.1, -0.05) is 141 Å². The Balaban J connectivity index is -0.000000338. The number of carbonyl (C=O) groups excluding carboxylic acids is 9. The van der Waals surface area contributed by atoms with Gasteiger partial charge in [-0.25, -0.2) is 47.9 Å². The van der Waals surface area contributed by atoms with Crippen molar-refractivity contribution >= 4 is 59.7 Å². The lowest BCUT2D eigenvalue weighted by atomic mass is 9.78. The summed E-state index contributed by atoms with van der Waals surface area (Å²) < 4.78 is 42.9. The average Bonchev–Trinajstić information content (AvgIpc) is 1.07. The van der Waals surface area contributed by atoms with Gasteiger partial charge in [0.2, 0.25) is 0 Å². The van der Waals surface area contributed by atoms with Gasteiger partial charge in [-0.05, 0) is 166 Å². The molecule has 98 heavy (non-hydrogen) atoms. The zero-order chi connectivity index (χ0) is 76.8. The SMILES string of the molecule is CC/C=C(\CC)C(=O)O.CC/C=C(\CC)C(=O)OC.CC/C=C(\CC)C(=O)OCC.CCOC(=O)/C(CC)=C(/CC)CO.CCOC(=O)/C(CC)=C(\C)CC.CCOC(=O)C1=CC(C)CC1C.COC(=O)C1=C(C(=O)OC)C(C)CC1C.COC(=O)C1=C(C(=O)OC)C(C)CCC1C. The highest BCUT2D eigenvalue weighted by molar-refractivity contribution is 6.02. The third-order valence-electron chi connectivity index (χ3n) is 15.7. The first kappa shape index (κ1) is 99.2. The quantitative estimate of drug-likeness (QED) is 0.0487. The molecule has 6 atom stereocenters. The Morgan fingerprint density at radius 1 is 0.398 bits per heavy atom. The van der Waals surface area contributed by atoms with Crippen LogP contribution in [0, 0.1) is 35.5 Å². The maximum Gasteiger partial charge on any atom is 0.334 e. The van der Waals surface area contributed by atoms with E-state index in [1.165, 1.54) is 35.5 Å². The first-order valence-electron chi connectivity index (χ1n) is 34.9. The predicted octanol–water partition coefficient (Wildman–Crippen LogP) is 15.5. The number of methoxy groups -OCH3 is 5. The molecule has 6 unspecified atom stereocenters. The number of aliphatic hydroxyl groups excluding tert-OH is 1. The van der Waals surface area contributed by atoms with Gasteiger partial charge in [-0.2, -0.15) is 0 Å². The van der Waals surface area contributed by atoms with E-state index in [9.17, 15) is 47.9 Å². The molecule has 0 aromatic heterocycles. The van der Waals surface area contributed by atoms with Crippen LogP contribution in [0.1, 0.15) is 235 Å². The first-order valence-corrected chi connectivity index (χ1v) is 34.9. The van der Waals surface area contributed by atoms with Crippen molar-refractivity contribution in [3.05, 3.63) is 91.2 Å². The molecular weight excluding hydrogens is 1260 g/mol. The second-order valence-electron chi connectivity index (χ2n) is 22.8. The minimum absolute atomic E-state index is 0.0535. The van der Waals surface area contributed by atoms with Crippen LogP contribution in [0.3, 0.4) is 0 Å². The molecule has 0 aromatic carbocycles. The summed E-state index contributed by atoms with van der Waals surface area (Å²) in [4.78, 5) is 112. The van der Waals surface area contributed by atoms with Crippen LogP contribution in [0.15, 0.2) is 91.2 Å². The van der Waals surface area contributed by atoms with Gasteiger partial charge in [-0.3, -0.25) is 0 Å². The molecule has 3 rings (SSSR count). The minimum Gasteiger partial charge on any atom is -0.478 e. The van der Waals surface area contributed by atoms with Crippen LogP contribution in [-0.2, 0) is 90.6 Å². The predicted molar refractivity (Wildman–Crippen MR) is 384 cm³/mol. The zero-order valence-corrected chi connectivity index (χ0v) is 64.9. The largest absolute Gasteiger partial charge is 0.478 e. The van der Waals surface area contributed by atoms with Crippen LogP contribution in [0.2, 0.25) is 0 Å². The second-order valence-corrected chi connectivity index (χ2v) is 22.8. The Morgan fingerprint density at radius 3 is 1.01 bits per heavy atom. The lowest BCUT2D eigenvalue weighted by molar-refractivity contribution is -0.140. The molecule has 21 nitrogen and oxygen atoms in total. The van der Waals surface area contributed by atoms with E-state index in [1.54, 1.807) is 13.0 Å². The highest BCUT2D eigenvalue weighted by Gasteiger charge is 2.37. The van der Waals surface area contributed by atoms with E-state index >= 15 is 0 Å². The maximum atomic E-state index is 11.7. The Bertz CT molecular complexity index is 2640. The number of esters is 9. The topological polar surface area (TPSA) is 294 Å². The smallest absolute Gasteiger partial charge is 0.334 e. The molecule has 3 aliphatic rings. The van der Waals surface area contributed by atoms with Crippen LogP contribution < -0.4 is 0 Å². The Morgan fingerprint density at radius 2 is 0.745 bits per heavy atom. The van der Waals surface area contributed by atoms with E-state index in [1.807, 2.05) is 143 Å². The van der Waals surface area contributed by atoms with E-state index in [4.69, 9.17) is 38.6 Å². The van der Waals surface area contributed by atoms with Gasteiger partial charge < -0.3 is 52.8 Å². The van der Waals surface area contributed by atoms with Gasteiger partial charge in [0.15, 0.2) is 0 Å². The number of carboxylic acid groups (broad SMARTS) is 1. The van der Waals surface area contributed by atoms with E-state index in [0.29, 0.717) is 91.0 Å². The number of rotatable bonds is 25. The Kier molecular flexibility index (Phi) is 60.4. The summed E-state index contributed by atoms with van der Waals surface area (Å²) in [6.07, 6.45) is 18.9. The van der Waals surface area contributed by atoms with E-state index in [-0.39, 0.29) is 60.1 Å². The lowest BCUT2D eigenvalue weighted by Gasteiger charge is -2.27. The molecule has 0 spiro atoms. The normalized spacial score (nSPS) is 18.1. The number of aliphatic hydroxyl groups is 1. The van der Waals surface area contributed by atoms with Crippen LogP contribution in [-0.4, -0.2) is 138 Å². The van der Waals surface area contributed by atoms with Crippen molar-refractivity contribution in [2.45, 2.75) is 235 Å². The van der Waals surface area contributed by atoms with Gasteiger partial charge in [0.25, 0.3) is 0 Å². The Labute approximate surface area is 588 Å². The molecule has 0 amide bonds. The van der Waals surface area contributed by atoms with E-state index < -0.39 is 29.8 Å². The highest BCUT2D eigenvalue weighted by Crippen LogP contribution is 2.38. The van der Waals surface area contributed by atoms with Gasteiger partial charge in [0, 0.05) is 33.4 Å². The molecule has 562 valence electrons. The fourth-order valence-electron chi connectivity index (χ4n) is 10.5. The van der Waals surface area contributed by atoms with Crippen molar-refractivity contribution in [3.63, 3.8) is 0 Å². The number of carbonyl (C=O) groups is 10. The van der Waals surface area contributed by atoms with Crippen molar-refractivity contribution in [2.24, 2.45) is 35.5 Å². The molecule has 0 aromatic rings. The molecule has 0 aliphatic heterocycles. The summed E-state index contributed by atoms with van der Waals surface area (Å²) in [7, 11) is 6.70.